The number of nitrogens with one attached hydrogen (secondary N) is 1. The summed E-state index contributed by atoms with van der Waals surface area (Å²) in [5.74, 6) is 1.55. The van der Waals surface area contributed by atoms with Gasteiger partial charge in [-0.15, -0.1) is 23.1 Å². The predicted molar refractivity (Wildman–Crippen MR) is 159 cm³/mol. The van der Waals surface area contributed by atoms with Gasteiger partial charge in [-0.3, -0.25) is 19.1 Å². The largest absolute Gasteiger partial charge is 0.349 e. The number of fused-ring (bicyclic) bond motifs is 1. The fraction of sp³-hybridized carbons (Fsp3) is 0.481. The molecule has 11 nitrogen and oxygen atoms in total. The van der Waals surface area contributed by atoms with Crippen molar-refractivity contribution in [2.75, 3.05) is 38.3 Å². The van der Waals surface area contributed by atoms with E-state index >= 15 is 0 Å². The predicted octanol–water partition coefficient (Wildman–Crippen LogP) is 4.39. The highest BCUT2D eigenvalue weighted by molar-refractivity contribution is 8.00. The third-order valence-electron chi connectivity index (χ3n) is 7.23. The van der Waals surface area contributed by atoms with E-state index in [1.54, 1.807) is 41.2 Å². The van der Waals surface area contributed by atoms with Gasteiger partial charge in [0.15, 0.2) is 0 Å². The van der Waals surface area contributed by atoms with Gasteiger partial charge in [0.1, 0.15) is 5.54 Å². The second-order valence-electron chi connectivity index (χ2n) is 10.7. The quantitative estimate of drug-likeness (QED) is 0.276. The first-order chi connectivity index (χ1) is 19.1. The van der Waals surface area contributed by atoms with Gasteiger partial charge in [-0.1, -0.05) is 6.92 Å². The number of amides is 1. The minimum absolute atomic E-state index is 0.00966. The van der Waals surface area contributed by atoms with Crippen molar-refractivity contribution in [1.29, 1.82) is 5.26 Å². The van der Waals surface area contributed by atoms with Gasteiger partial charge < -0.3 is 10.2 Å². The highest BCUT2D eigenvalue weighted by Crippen LogP contribution is 2.42. The lowest BCUT2D eigenvalue weighted by atomic mass is 9.85. The van der Waals surface area contributed by atoms with Gasteiger partial charge in [-0.2, -0.15) is 15.5 Å². The number of carbonyl (C=O) groups excluding carboxylic acids is 1. The first-order valence-corrected chi connectivity index (χ1v) is 15.1. The van der Waals surface area contributed by atoms with E-state index in [0.717, 1.165) is 46.0 Å². The van der Waals surface area contributed by atoms with Crippen LogP contribution < -0.4 is 5.32 Å². The molecular formula is C27H34N10OS2. The van der Waals surface area contributed by atoms with Crippen LogP contribution in [0.4, 0.5) is 11.6 Å². The lowest BCUT2D eigenvalue weighted by Gasteiger charge is -2.55. The monoisotopic (exact) mass is 578 g/mol. The van der Waals surface area contributed by atoms with Crippen LogP contribution in [0.2, 0.25) is 0 Å². The van der Waals surface area contributed by atoms with Crippen LogP contribution in [0.15, 0.2) is 36.2 Å². The zero-order valence-corrected chi connectivity index (χ0v) is 25.1. The van der Waals surface area contributed by atoms with Crippen LogP contribution in [0.5, 0.6) is 0 Å². The maximum absolute atomic E-state index is 11.9. The SMILES string of the molecule is CCSC(C)(C)N1CC(CC#N)(n2cc(-c3nc(Nc4cnn(CCC(=O)N(C)C)c4)nc4ccsc34)cn2)C1. The van der Waals surface area contributed by atoms with Crippen LogP contribution in [-0.4, -0.2) is 83.0 Å². The van der Waals surface area contributed by atoms with Crippen molar-refractivity contribution < 1.29 is 4.79 Å². The van der Waals surface area contributed by atoms with E-state index < -0.39 is 0 Å². The number of likely N-dealkylation sites (tertiary alicyclic amines) is 1. The van der Waals surface area contributed by atoms with Gasteiger partial charge in [0.05, 0.1) is 51.4 Å². The fourth-order valence-corrected chi connectivity index (χ4v) is 6.77. The molecule has 0 aliphatic carbocycles. The fourth-order valence-electron chi connectivity index (χ4n) is 4.91. The molecule has 1 aliphatic rings. The molecule has 0 spiro atoms. The average molecular weight is 579 g/mol. The summed E-state index contributed by atoms with van der Waals surface area (Å²) in [6, 6.07) is 4.37. The van der Waals surface area contributed by atoms with E-state index in [4.69, 9.17) is 15.1 Å². The van der Waals surface area contributed by atoms with Crippen molar-refractivity contribution in [3.8, 4) is 17.3 Å². The zero-order chi connectivity index (χ0) is 28.5. The van der Waals surface area contributed by atoms with Crippen LogP contribution in [-0.2, 0) is 16.9 Å². The molecule has 1 aliphatic heterocycles. The normalized spacial score (nSPS) is 15.1. The number of aromatic nitrogens is 6. The van der Waals surface area contributed by atoms with Crippen molar-refractivity contribution in [2.24, 2.45) is 0 Å². The summed E-state index contributed by atoms with van der Waals surface area (Å²) in [6.07, 6.45) is 8.16. The highest BCUT2D eigenvalue weighted by Gasteiger charge is 2.50. The second-order valence-corrected chi connectivity index (χ2v) is 13.4. The summed E-state index contributed by atoms with van der Waals surface area (Å²) in [5.41, 5.74) is 2.90. The second kappa shape index (κ2) is 11.2. The molecule has 0 radical (unpaired) electrons. The van der Waals surface area contributed by atoms with Crippen molar-refractivity contribution in [3.05, 3.63) is 36.2 Å². The van der Waals surface area contributed by atoms with E-state index in [9.17, 15) is 10.1 Å². The highest BCUT2D eigenvalue weighted by atomic mass is 32.2. The third kappa shape index (κ3) is 5.56. The van der Waals surface area contributed by atoms with Crippen LogP contribution in [0, 0.1) is 11.3 Å². The Bertz CT molecular complexity index is 1540. The average Bonchev–Trinajstić information content (AvgIpc) is 3.65. The summed E-state index contributed by atoms with van der Waals surface area (Å²) < 4.78 is 4.67. The molecule has 210 valence electrons. The van der Waals surface area contributed by atoms with Crippen LogP contribution in [0.1, 0.15) is 33.6 Å². The Kier molecular flexibility index (Phi) is 7.85. The Hall–Kier alpha value is -3.47. The third-order valence-corrected chi connectivity index (χ3v) is 9.39. The molecule has 0 atom stereocenters. The van der Waals surface area contributed by atoms with Gasteiger partial charge in [-0.25, -0.2) is 9.97 Å². The number of aryl methyl sites for hydroxylation is 1. The number of hydrogen-bond acceptors (Lipinski definition) is 10. The molecule has 0 unspecified atom stereocenters. The van der Waals surface area contributed by atoms with Gasteiger partial charge in [0, 0.05) is 58.1 Å². The summed E-state index contributed by atoms with van der Waals surface area (Å²) in [6.45, 7) is 8.69. The lowest BCUT2D eigenvalue weighted by molar-refractivity contribution is -0.128. The van der Waals surface area contributed by atoms with E-state index in [0.29, 0.717) is 25.3 Å². The number of rotatable bonds is 11. The minimum atomic E-state index is -0.357. The van der Waals surface area contributed by atoms with E-state index in [-0.39, 0.29) is 16.3 Å². The molecule has 0 bridgehead atoms. The molecule has 1 fully saturated rings. The molecule has 1 N–H and O–H groups in total. The summed E-state index contributed by atoms with van der Waals surface area (Å²) in [4.78, 5) is 25.5. The zero-order valence-electron chi connectivity index (χ0n) is 23.5. The molecule has 4 aromatic heterocycles. The molecule has 5 rings (SSSR count). The number of anilines is 2. The smallest absolute Gasteiger partial charge is 0.228 e. The molecule has 1 saturated heterocycles. The Morgan fingerprint density at radius 3 is 2.77 bits per heavy atom. The molecule has 0 aromatic carbocycles. The Morgan fingerprint density at radius 1 is 1.25 bits per heavy atom. The Labute approximate surface area is 242 Å². The summed E-state index contributed by atoms with van der Waals surface area (Å²) in [5, 5.41) is 24.0. The van der Waals surface area contributed by atoms with Crippen LogP contribution in [0.3, 0.4) is 0 Å². The number of carbonyl (C=O) groups is 1. The van der Waals surface area contributed by atoms with E-state index in [1.165, 1.54) is 0 Å². The maximum Gasteiger partial charge on any atom is 0.228 e. The maximum atomic E-state index is 11.9. The molecule has 1 amide bonds. The summed E-state index contributed by atoms with van der Waals surface area (Å²) in [7, 11) is 3.49. The van der Waals surface area contributed by atoms with Gasteiger partial charge in [0.2, 0.25) is 11.9 Å². The number of thioether (sulfide) groups is 1. The molecule has 5 heterocycles. The van der Waals surface area contributed by atoms with Crippen molar-refractivity contribution in [3.63, 3.8) is 0 Å². The Balaban J connectivity index is 1.37. The number of thiophene rings is 1. The van der Waals surface area contributed by atoms with Gasteiger partial charge in [-0.05, 0) is 31.0 Å². The molecule has 0 saturated carbocycles. The van der Waals surface area contributed by atoms with Crippen molar-refractivity contribution in [2.45, 2.75) is 50.6 Å². The Morgan fingerprint density at radius 2 is 2.05 bits per heavy atom. The number of nitriles is 1. The van der Waals surface area contributed by atoms with Gasteiger partial charge in [0.25, 0.3) is 0 Å². The molecule has 40 heavy (non-hydrogen) atoms. The summed E-state index contributed by atoms with van der Waals surface area (Å²) >= 11 is 3.50. The molecule has 13 heteroatoms. The van der Waals surface area contributed by atoms with Crippen LogP contribution >= 0.6 is 23.1 Å². The standard InChI is InChI=1S/C27H34N10OS2/c1-6-40-26(2,3)35-17-27(18-35,9-10-28)37-15-19(13-30-37)23-24-21(8-12-39-24)32-25(33-23)31-20-14-29-36(16-20)11-7-22(38)34(4)5/h8,12-16H,6-7,9,11,17-18H2,1-5H3,(H,31,32,33). The topological polar surface area (TPSA) is 121 Å². The number of hydrogen-bond donors (Lipinski definition) is 1. The van der Waals surface area contributed by atoms with E-state index in [2.05, 4.69) is 42.2 Å². The first-order valence-electron chi connectivity index (χ1n) is 13.2. The first kappa shape index (κ1) is 28.1. The van der Waals surface area contributed by atoms with Gasteiger partial charge >= 0.3 is 0 Å². The van der Waals surface area contributed by atoms with Crippen molar-refractivity contribution >= 4 is 50.9 Å². The number of nitrogens with zero attached hydrogens (tertiary/aromatic N) is 9. The minimum Gasteiger partial charge on any atom is -0.349 e. The molecular weight excluding hydrogens is 545 g/mol. The molecule has 4 aromatic rings. The van der Waals surface area contributed by atoms with E-state index in [1.807, 2.05) is 46.5 Å². The lowest BCUT2D eigenvalue weighted by Crippen LogP contribution is -2.67. The van der Waals surface area contributed by atoms with Crippen molar-refractivity contribution in [1.82, 2.24) is 39.3 Å². The van der Waals surface area contributed by atoms with Crippen LogP contribution in [0.25, 0.3) is 21.5 Å².